The number of hydrogen-bond donors (Lipinski definition) is 1. The number of nitrogens with zero attached hydrogens (tertiary/aromatic N) is 6. The quantitative estimate of drug-likeness (QED) is 0.653. The number of ether oxygens (including phenoxy) is 2. The Balaban J connectivity index is 1.71. The number of rotatable bonds is 8. The van der Waals surface area contributed by atoms with Gasteiger partial charge in [-0.05, 0) is 29.0 Å². The number of pyridine rings is 1. The molecule has 0 aromatic carbocycles. The van der Waals surface area contributed by atoms with Crippen LogP contribution in [0.3, 0.4) is 0 Å². The molecule has 2 aromatic heterocycles. The largest absolute Gasteiger partial charge is 0.442 e. The third-order valence-electron chi connectivity index (χ3n) is 4.34. The zero-order valence-electron chi connectivity index (χ0n) is 16.7. The van der Waals surface area contributed by atoms with Gasteiger partial charge in [0.2, 0.25) is 5.95 Å². The van der Waals surface area contributed by atoms with Crippen molar-refractivity contribution in [2.75, 3.05) is 25.0 Å². The summed E-state index contributed by atoms with van der Waals surface area (Å²) in [6, 6.07) is 1.71. The third-order valence-corrected chi connectivity index (χ3v) is 4.34. The van der Waals surface area contributed by atoms with Crippen LogP contribution in [0.25, 0.3) is 0 Å². The van der Waals surface area contributed by atoms with Crippen LogP contribution in [0.4, 0.5) is 23.9 Å². The fourth-order valence-corrected chi connectivity index (χ4v) is 2.88. The Kier molecular flexibility index (Phi) is 6.68. The second kappa shape index (κ2) is 9.24. The van der Waals surface area contributed by atoms with Crippen molar-refractivity contribution in [2.45, 2.75) is 32.2 Å². The molecule has 0 saturated carbocycles. The predicted molar refractivity (Wildman–Crippen MR) is 97.8 cm³/mol. The zero-order chi connectivity index (χ0) is 22.6. The smallest absolute Gasteiger partial charge is 0.433 e. The first-order valence-electron chi connectivity index (χ1n) is 9.33. The number of aryl methyl sites for hydroxylation is 1. The third kappa shape index (κ3) is 5.45. The highest BCUT2D eigenvalue weighted by molar-refractivity contribution is 6.04. The van der Waals surface area contributed by atoms with Gasteiger partial charge >= 0.3 is 12.3 Å². The molecule has 1 aliphatic heterocycles. The van der Waals surface area contributed by atoms with Gasteiger partial charge in [0.15, 0.2) is 0 Å². The molecule has 0 radical (unpaired) electrons. The summed E-state index contributed by atoms with van der Waals surface area (Å²) in [6.07, 6.45) is -4.97. The molecular formula is C17H20F3N7O4. The lowest BCUT2D eigenvalue weighted by atomic mass is 10.1. The average molecular weight is 443 g/mol. The summed E-state index contributed by atoms with van der Waals surface area (Å²) in [4.78, 5) is 29.3. The first-order valence-corrected chi connectivity index (χ1v) is 9.33. The van der Waals surface area contributed by atoms with E-state index in [1.807, 2.05) is 6.92 Å². The first kappa shape index (κ1) is 22.4. The van der Waals surface area contributed by atoms with E-state index < -0.39 is 36.6 Å². The Morgan fingerprint density at radius 3 is 2.81 bits per heavy atom. The molecule has 1 fully saturated rings. The lowest BCUT2D eigenvalue weighted by molar-refractivity contribution is -0.141. The van der Waals surface area contributed by atoms with Crippen molar-refractivity contribution in [3.8, 4) is 0 Å². The van der Waals surface area contributed by atoms with E-state index in [2.05, 4.69) is 25.8 Å². The molecule has 0 spiro atoms. The van der Waals surface area contributed by atoms with Crippen molar-refractivity contribution >= 4 is 17.9 Å². The lowest BCUT2D eigenvalue weighted by Crippen LogP contribution is -2.27. The monoisotopic (exact) mass is 443 g/mol. The van der Waals surface area contributed by atoms with Crippen molar-refractivity contribution in [3.63, 3.8) is 0 Å². The molecule has 14 heteroatoms. The maximum Gasteiger partial charge on any atom is 0.433 e. The summed E-state index contributed by atoms with van der Waals surface area (Å²) >= 11 is 0. The van der Waals surface area contributed by atoms with Crippen LogP contribution in [0, 0.1) is 0 Å². The molecule has 1 saturated heterocycles. The van der Waals surface area contributed by atoms with Crippen molar-refractivity contribution in [2.24, 2.45) is 7.05 Å². The highest BCUT2D eigenvalue weighted by atomic mass is 19.4. The van der Waals surface area contributed by atoms with E-state index in [4.69, 9.17) is 9.47 Å². The van der Waals surface area contributed by atoms with Gasteiger partial charge in [0.1, 0.15) is 11.8 Å². The van der Waals surface area contributed by atoms with E-state index in [0.717, 1.165) is 12.5 Å². The topological polar surface area (TPSA) is 124 Å². The number of aromatic nitrogens is 5. The lowest BCUT2D eigenvalue weighted by Gasteiger charge is -2.14. The summed E-state index contributed by atoms with van der Waals surface area (Å²) < 4.78 is 51.0. The number of tetrazole rings is 1. The van der Waals surface area contributed by atoms with Crippen molar-refractivity contribution in [3.05, 3.63) is 29.1 Å². The van der Waals surface area contributed by atoms with Gasteiger partial charge in [0, 0.05) is 13.6 Å². The van der Waals surface area contributed by atoms with E-state index in [0.29, 0.717) is 19.2 Å². The van der Waals surface area contributed by atoms with Gasteiger partial charge in [-0.15, -0.1) is 0 Å². The van der Waals surface area contributed by atoms with Gasteiger partial charge in [-0.3, -0.25) is 10.1 Å². The molecule has 0 aliphatic carbocycles. The highest BCUT2D eigenvalue weighted by Gasteiger charge is 2.34. The minimum Gasteiger partial charge on any atom is -0.442 e. The number of carbonyl (C=O) groups excluding carboxylic acids is 2. The summed E-state index contributed by atoms with van der Waals surface area (Å²) in [5, 5.41) is 12.9. The normalized spacial score (nSPS) is 16.5. The molecule has 168 valence electrons. The van der Waals surface area contributed by atoms with Crippen LogP contribution in [0.5, 0.6) is 0 Å². The van der Waals surface area contributed by atoms with E-state index in [1.165, 1.54) is 16.6 Å². The number of carbonyl (C=O) groups is 2. The second-order valence-electron chi connectivity index (χ2n) is 6.74. The number of amides is 2. The van der Waals surface area contributed by atoms with Crippen molar-refractivity contribution in [1.29, 1.82) is 0 Å². The molecule has 0 unspecified atom stereocenters. The van der Waals surface area contributed by atoms with Crippen molar-refractivity contribution < 1.29 is 32.2 Å². The molecule has 1 atom stereocenters. The maximum absolute atomic E-state index is 13.1. The minimum absolute atomic E-state index is 0.00523. The standard InChI is InChI=1S/C17H20F3N7O4/c1-3-6-27-7-10(31-16(27)29)8-30-9-12-11(4-5-13(21-12)17(18,19)20)14(28)22-15-23-24-25-26(15)2/h4-5,10H,3,6-9H2,1-2H3,(H,22,23,25,28)/t10-/m0/s1. The Labute approximate surface area is 174 Å². The van der Waals surface area contributed by atoms with E-state index >= 15 is 0 Å². The number of cyclic esters (lactones) is 1. The maximum atomic E-state index is 13.1. The Morgan fingerprint density at radius 1 is 1.39 bits per heavy atom. The number of alkyl halides is 3. The molecule has 3 heterocycles. The Bertz CT molecular complexity index is 950. The molecule has 1 aliphatic rings. The highest BCUT2D eigenvalue weighted by Crippen LogP contribution is 2.28. The van der Waals surface area contributed by atoms with Crippen LogP contribution in [0.1, 0.15) is 35.1 Å². The minimum atomic E-state index is -4.70. The molecule has 3 rings (SSSR count). The molecule has 2 aromatic rings. The van der Waals surface area contributed by atoms with Crippen LogP contribution in [0.2, 0.25) is 0 Å². The molecule has 11 nitrogen and oxygen atoms in total. The number of anilines is 1. The molecule has 31 heavy (non-hydrogen) atoms. The Hall–Kier alpha value is -3.29. The number of hydrogen-bond acceptors (Lipinski definition) is 8. The summed E-state index contributed by atoms with van der Waals surface area (Å²) in [6.45, 7) is 2.31. The SMILES string of the molecule is CCCN1C[C@@H](COCc2nc(C(F)(F)F)ccc2C(=O)Nc2nnnn2C)OC1=O. The van der Waals surface area contributed by atoms with Crippen molar-refractivity contribution in [1.82, 2.24) is 30.1 Å². The summed E-state index contributed by atoms with van der Waals surface area (Å²) in [5.74, 6) is -0.746. The molecular weight excluding hydrogens is 423 g/mol. The molecule has 1 N–H and O–H groups in total. The van der Waals surface area contributed by atoms with E-state index in [1.54, 1.807) is 0 Å². The second-order valence-corrected chi connectivity index (χ2v) is 6.74. The summed E-state index contributed by atoms with van der Waals surface area (Å²) in [7, 11) is 1.48. The van der Waals surface area contributed by atoms with Gasteiger partial charge in [0.05, 0.1) is 31.0 Å². The van der Waals surface area contributed by atoms with Gasteiger partial charge < -0.3 is 14.4 Å². The van der Waals surface area contributed by atoms with Crippen LogP contribution >= 0.6 is 0 Å². The van der Waals surface area contributed by atoms with Gasteiger partial charge in [-0.1, -0.05) is 12.0 Å². The Morgan fingerprint density at radius 2 is 2.16 bits per heavy atom. The van der Waals surface area contributed by atoms with Crippen LogP contribution in [0.15, 0.2) is 12.1 Å². The fraction of sp³-hybridized carbons (Fsp3) is 0.529. The molecule has 0 bridgehead atoms. The van der Waals surface area contributed by atoms with Crippen LogP contribution in [-0.4, -0.2) is 67.9 Å². The van der Waals surface area contributed by atoms with E-state index in [-0.39, 0.29) is 23.8 Å². The fourth-order valence-electron chi connectivity index (χ4n) is 2.88. The van der Waals surface area contributed by atoms with Gasteiger partial charge in [-0.2, -0.15) is 13.2 Å². The average Bonchev–Trinajstić information content (AvgIpc) is 3.26. The van der Waals surface area contributed by atoms with Crippen LogP contribution < -0.4 is 5.32 Å². The number of nitrogens with one attached hydrogen (secondary N) is 1. The summed E-state index contributed by atoms with van der Waals surface area (Å²) in [5.41, 5.74) is -1.52. The van der Waals surface area contributed by atoms with E-state index in [9.17, 15) is 22.8 Å². The first-order chi connectivity index (χ1) is 14.7. The van der Waals surface area contributed by atoms with Crippen LogP contribution in [-0.2, 0) is 29.3 Å². The van der Waals surface area contributed by atoms with Gasteiger partial charge in [-0.25, -0.2) is 14.5 Å². The zero-order valence-corrected chi connectivity index (χ0v) is 16.7. The molecule has 2 amide bonds. The number of halogens is 3. The van der Waals surface area contributed by atoms with Gasteiger partial charge in [0.25, 0.3) is 5.91 Å². The predicted octanol–water partition coefficient (Wildman–Crippen LogP) is 1.62.